The molecule has 1 fully saturated rings. The van der Waals surface area contributed by atoms with Crippen molar-refractivity contribution in [1.29, 1.82) is 0 Å². The predicted octanol–water partition coefficient (Wildman–Crippen LogP) is 0.646. The molecule has 130 valence electrons. The van der Waals surface area contributed by atoms with Gasteiger partial charge in [-0.2, -0.15) is 0 Å². The van der Waals surface area contributed by atoms with E-state index in [1.54, 1.807) is 18.2 Å². The van der Waals surface area contributed by atoms with Crippen molar-refractivity contribution >= 4 is 28.2 Å². The number of amides is 1. The molecule has 1 amide bonds. The van der Waals surface area contributed by atoms with Crippen LogP contribution in [0.25, 0.3) is 0 Å². The van der Waals surface area contributed by atoms with Gasteiger partial charge in [0.2, 0.25) is 5.91 Å². The molecular weight excluding hydrogens is 340 g/mol. The second-order valence-corrected chi connectivity index (χ2v) is 7.76. The largest absolute Gasteiger partial charge is 0.375 e. The number of carbonyl (C=O) groups excluding carboxylic acids is 1. The Hall–Kier alpha value is -1.15. The maximum atomic E-state index is 12.1. The minimum absolute atomic E-state index is 0. The van der Waals surface area contributed by atoms with Crippen LogP contribution in [0.15, 0.2) is 24.3 Å². The quantitative estimate of drug-likeness (QED) is 0.803. The van der Waals surface area contributed by atoms with Gasteiger partial charge in [-0.25, -0.2) is 8.42 Å². The second kappa shape index (κ2) is 8.63. The Bertz CT molecular complexity index is 636. The van der Waals surface area contributed by atoms with Gasteiger partial charge in [-0.3, -0.25) is 4.79 Å². The van der Waals surface area contributed by atoms with E-state index in [4.69, 9.17) is 4.74 Å². The van der Waals surface area contributed by atoms with Gasteiger partial charge in [0.15, 0.2) is 9.84 Å². The van der Waals surface area contributed by atoms with Crippen LogP contribution in [-0.2, 0) is 31.7 Å². The van der Waals surface area contributed by atoms with Crippen molar-refractivity contribution in [3.8, 4) is 0 Å². The van der Waals surface area contributed by atoms with Crippen LogP contribution in [0.3, 0.4) is 0 Å². The van der Waals surface area contributed by atoms with E-state index in [2.05, 4.69) is 10.6 Å². The molecule has 1 aromatic rings. The summed E-state index contributed by atoms with van der Waals surface area (Å²) in [6, 6.07) is 6.88. The molecule has 0 spiro atoms. The highest BCUT2D eigenvalue weighted by Crippen LogP contribution is 2.09. The van der Waals surface area contributed by atoms with Crippen LogP contribution in [0.2, 0.25) is 0 Å². The maximum Gasteiger partial charge on any atom is 0.240 e. The first-order chi connectivity index (χ1) is 10.3. The van der Waals surface area contributed by atoms with Crippen LogP contribution in [0.5, 0.6) is 0 Å². The zero-order valence-corrected chi connectivity index (χ0v) is 14.9. The summed E-state index contributed by atoms with van der Waals surface area (Å²) in [5.41, 5.74) is 1.60. The molecule has 0 radical (unpaired) electrons. The molecule has 0 saturated carbocycles. The highest BCUT2D eigenvalue weighted by molar-refractivity contribution is 7.89. The molecule has 0 aliphatic carbocycles. The molecule has 1 aromatic carbocycles. The number of ether oxygens (including phenoxy) is 1. The number of sulfone groups is 1. The lowest BCUT2D eigenvalue weighted by atomic mass is 10.1. The van der Waals surface area contributed by atoms with Gasteiger partial charge in [0.1, 0.15) is 6.04 Å². The minimum Gasteiger partial charge on any atom is -0.375 e. The number of morpholine rings is 1. The topological polar surface area (TPSA) is 84.5 Å². The Balaban J connectivity index is 0.00000264. The Morgan fingerprint density at radius 3 is 2.74 bits per heavy atom. The Morgan fingerprint density at radius 1 is 1.39 bits per heavy atom. The van der Waals surface area contributed by atoms with E-state index in [0.717, 1.165) is 11.1 Å². The van der Waals surface area contributed by atoms with Gasteiger partial charge < -0.3 is 15.4 Å². The summed E-state index contributed by atoms with van der Waals surface area (Å²) in [6.07, 6.45) is 1.04. The molecule has 0 bridgehead atoms. The standard InChI is InChI=1S/C15H22N2O4S.ClH/c1-11-14(16-6-7-21-11)15(18)17-9-12-4-3-5-13(8-12)10-22(2,19)20;/h3-5,8,11,14,16H,6-7,9-10H2,1-2H3,(H,17,18);1H/t11-,14+;/m1./s1. The van der Waals surface area contributed by atoms with Crippen molar-refractivity contribution in [2.75, 3.05) is 19.4 Å². The smallest absolute Gasteiger partial charge is 0.240 e. The second-order valence-electron chi connectivity index (χ2n) is 5.62. The minimum atomic E-state index is -3.06. The van der Waals surface area contributed by atoms with Gasteiger partial charge in [0, 0.05) is 19.3 Å². The lowest BCUT2D eigenvalue weighted by molar-refractivity contribution is -0.129. The SMILES string of the molecule is C[C@H]1OCCN[C@@H]1C(=O)NCc1cccc(CS(C)(=O)=O)c1.Cl. The first-order valence-corrected chi connectivity index (χ1v) is 9.29. The summed E-state index contributed by atoms with van der Waals surface area (Å²) in [5.74, 6) is -0.107. The van der Waals surface area contributed by atoms with E-state index < -0.39 is 9.84 Å². The average Bonchev–Trinajstić information content (AvgIpc) is 2.44. The lowest BCUT2D eigenvalue weighted by Gasteiger charge is -2.29. The molecule has 0 unspecified atom stereocenters. The fraction of sp³-hybridized carbons (Fsp3) is 0.533. The van der Waals surface area contributed by atoms with Gasteiger partial charge in [-0.05, 0) is 18.1 Å². The average molecular weight is 363 g/mol. The molecule has 6 nitrogen and oxygen atoms in total. The monoisotopic (exact) mass is 362 g/mol. The van der Waals surface area contributed by atoms with Crippen LogP contribution in [0.1, 0.15) is 18.1 Å². The van der Waals surface area contributed by atoms with Crippen LogP contribution in [0.4, 0.5) is 0 Å². The molecule has 8 heteroatoms. The zero-order chi connectivity index (χ0) is 16.2. The molecule has 1 saturated heterocycles. The van der Waals surface area contributed by atoms with E-state index in [9.17, 15) is 13.2 Å². The molecule has 23 heavy (non-hydrogen) atoms. The molecule has 1 aliphatic heterocycles. The molecule has 1 aliphatic rings. The van der Waals surface area contributed by atoms with Gasteiger partial charge in [0.25, 0.3) is 0 Å². The summed E-state index contributed by atoms with van der Waals surface area (Å²) < 4.78 is 28.1. The number of hydrogen-bond acceptors (Lipinski definition) is 5. The number of hydrogen-bond donors (Lipinski definition) is 2. The van der Waals surface area contributed by atoms with E-state index in [0.29, 0.717) is 19.7 Å². The predicted molar refractivity (Wildman–Crippen MR) is 91.3 cm³/mol. The summed E-state index contributed by atoms with van der Waals surface area (Å²) in [6.45, 7) is 3.50. The molecule has 2 N–H and O–H groups in total. The van der Waals surface area contributed by atoms with E-state index in [1.165, 1.54) is 6.26 Å². The molecule has 1 heterocycles. The first-order valence-electron chi connectivity index (χ1n) is 7.23. The van der Waals surface area contributed by atoms with Crippen molar-refractivity contribution in [1.82, 2.24) is 10.6 Å². The third-order valence-corrected chi connectivity index (χ3v) is 4.34. The van der Waals surface area contributed by atoms with Gasteiger partial charge in [-0.1, -0.05) is 24.3 Å². The third-order valence-electron chi connectivity index (χ3n) is 3.49. The number of carbonyl (C=O) groups is 1. The van der Waals surface area contributed by atoms with Crippen LogP contribution < -0.4 is 10.6 Å². The first kappa shape index (κ1) is 19.9. The Morgan fingerprint density at radius 2 is 2.09 bits per heavy atom. The highest BCUT2D eigenvalue weighted by Gasteiger charge is 2.27. The fourth-order valence-corrected chi connectivity index (χ4v) is 3.24. The van der Waals surface area contributed by atoms with Crippen LogP contribution >= 0.6 is 12.4 Å². The van der Waals surface area contributed by atoms with Crippen molar-refractivity contribution in [2.45, 2.75) is 31.4 Å². The molecule has 2 rings (SSSR count). The summed E-state index contributed by atoms with van der Waals surface area (Å²) in [4.78, 5) is 12.1. The van der Waals surface area contributed by atoms with Gasteiger partial charge >= 0.3 is 0 Å². The summed E-state index contributed by atoms with van der Waals surface area (Å²) in [7, 11) is -3.06. The number of benzene rings is 1. The zero-order valence-electron chi connectivity index (χ0n) is 13.2. The number of halogens is 1. The van der Waals surface area contributed by atoms with E-state index >= 15 is 0 Å². The fourth-order valence-electron chi connectivity index (χ4n) is 2.46. The van der Waals surface area contributed by atoms with Gasteiger partial charge in [0.05, 0.1) is 18.5 Å². The molecule has 2 atom stereocenters. The van der Waals surface area contributed by atoms with Crippen LogP contribution in [0, 0.1) is 0 Å². The van der Waals surface area contributed by atoms with Crippen molar-refractivity contribution < 1.29 is 17.9 Å². The Labute approximate surface area is 143 Å². The highest BCUT2D eigenvalue weighted by atomic mass is 35.5. The molecular formula is C15H23ClN2O4S. The van der Waals surface area contributed by atoms with Crippen molar-refractivity contribution in [3.63, 3.8) is 0 Å². The third kappa shape index (κ3) is 6.47. The Kier molecular flexibility index (Phi) is 7.47. The maximum absolute atomic E-state index is 12.1. The summed E-state index contributed by atoms with van der Waals surface area (Å²) in [5, 5.41) is 5.99. The van der Waals surface area contributed by atoms with Crippen molar-refractivity contribution in [3.05, 3.63) is 35.4 Å². The van der Waals surface area contributed by atoms with Gasteiger partial charge in [-0.15, -0.1) is 12.4 Å². The lowest BCUT2D eigenvalue weighted by Crippen LogP contribution is -2.55. The number of rotatable bonds is 5. The van der Waals surface area contributed by atoms with E-state index in [1.807, 2.05) is 13.0 Å². The normalized spacial score (nSPS) is 21.3. The van der Waals surface area contributed by atoms with Crippen molar-refractivity contribution in [2.24, 2.45) is 0 Å². The molecule has 0 aromatic heterocycles. The van der Waals surface area contributed by atoms with Crippen LogP contribution in [-0.4, -0.2) is 45.9 Å². The summed E-state index contributed by atoms with van der Waals surface area (Å²) >= 11 is 0. The van der Waals surface area contributed by atoms with E-state index in [-0.39, 0.29) is 36.2 Å². The number of nitrogens with one attached hydrogen (secondary N) is 2.